The van der Waals surface area contributed by atoms with Crippen LogP contribution in [0.4, 0.5) is 14.4 Å². The van der Waals surface area contributed by atoms with Gasteiger partial charge < -0.3 is 81.7 Å². The average molecular weight is 1440 g/mol. The molecule has 1 aliphatic carbocycles. The van der Waals surface area contributed by atoms with E-state index in [1.165, 1.54) is 4.90 Å². The zero-order valence-corrected chi connectivity index (χ0v) is 57.1. The van der Waals surface area contributed by atoms with Crippen LogP contribution in [0.3, 0.4) is 0 Å². The summed E-state index contributed by atoms with van der Waals surface area (Å²) in [6, 6.07) is 38.0. The van der Waals surface area contributed by atoms with Crippen molar-refractivity contribution in [2.45, 2.75) is 196 Å². The molecule has 0 spiro atoms. The number of carbonyl (C=O) groups is 7. The molecule has 3 amide bonds. The first-order chi connectivity index (χ1) is 50.4. The Bertz CT molecular complexity index is 3870. The first-order valence-corrected chi connectivity index (χ1v) is 33.3. The largest absolute Gasteiger partial charge is 0.463 e. The van der Waals surface area contributed by atoms with E-state index < -0.39 is 178 Å². The maximum Gasteiger partial charge on any atom is 0.410 e. The van der Waals surface area contributed by atoms with Gasteiger partial charge in [-0.1, -0.05) is 167 Å². The van der Waals surface area contributed by atoms with Crippen molar-refractivity contribution in [3.63, 3.8) is 0 Å². The highest BCUT2D eigenvalue weighted by molar-refractivity contribution is 5.72. The molecule has 34 nitrogen and oxygen atoms in total. The minimum atomic E-state index is -1.97. The van der Waals surface area contributed by atoms with E-state index in [1.54, 1.807) is 79.7 Å². The number of azide groups is 3. The number of nitrogens with one attached hydrogen (secondary N) is 2. The molecular weight excluding hydrogens is 1360 g/mol. The van der Waals surface area contributed by atoms with Gasteiger partial charge >= 0.3 is 42.2 Å². The molecule has 0 unspecified atom stereocenters. The molecule has 5 aliphatic rings. The van der Waals surface area contributed by atoms with Gasteiger partial charge in [0, 0.05) is 49.0 Å². The molecule has 0 radical (unpaired) electrons. The SMILES string of the molecule is CC(=O)OC[C@H]1O[C@@H](O[C@H]2[C@H](O[C@H]3O[C@H]([C@H](C)N(Cc4ccccc4)C(=O)OCc4ccccc4)[C@@H](OCc4ccccc4)C[C@H]3N=[N+]=[N-])[C@@H](NC(=O)OCc3ccccc3)[C@H](OCc3ccccc3)[C@H]3NC(=O)O[C@@H]32)[C@H](OC(C)=O)[C@@H]1O[C@H]1O[C@@H](CN=[N+]=[N-])[C@@H](OC(C)=O)[C@H](OC(C)=O)[C@H]1N=[N+]=[N-]. The molecule has 4 heterocycles. The number of benzene rings is 5. The van der Waals surface area contributed by atoms with Crippen molar-refractivity contribution >= 4 is 42.2 Å². The lowest BCUT2D eigenvalue weighted by Crippen LogP contribution is -2.72. The number of esters is 4. The number of hydrogen-bond donors (Lipinski definition) is 2. The fourth-order valence-electron chi connectivity index (χ4n) is 12.9. The van der Waals surface area contributed by atoms with E-state index in [-0.39, 0.29) is 39.4 Å². The number of nitrogens with zero attached hydrogens (tertiary/aromatic N) is 10. The van der Waals surface area contributed by atoms with Crippen LogP contribution in [0.15, 0.2) is 167 Å². The molecular formula is C70H78N12O22. The molecule has 0 aromatic heterocycles. The second-order valence-electron chi connectivity index (χ2n) is 24.8. The Kier molecular flexibility index (Phi) is 27.1. The van der Waals surface area contributed by atoms with Crippen LogP contribution in [0.25, 0.3) is 31.3 Å². The standard InChI is InChI=1S/C70H78N12O22/c1-39(82(33-44-21-11-6-12-22-44)70(89)94-37-48-29-19-10-20-30-48)56-50(91-34-45-23-13-7-14-24-45)31-49(77-80-72)65(100-56)102-60-53(75-68(87)93-36-47-27-17-9-18-28-47)59(92-35-46-25-15-8-16-26-46)54-61(104-69(88)76-54)63(60)103-67-64(97-43(5)86)58(52(99-67)38-90-40(2)83)101-66-55(78-81-73)62(96-42(4)85)57(95-41(3)84)51(98-66)32-74-79-71/h6-30,39,49-67H,31-38H2,1-5H3,(H,75,87)(H,76,88)/t39-,49+,50-,51-,52+,53-,54+,55+,56+,57+,58+,59-,60+,61-,62+,63-,64+,65+,66+,67-/m0/s1. The van der Waals surface area contributed by atoms with Gasteiger partial charge in [-0.2, -0.15) is 0 Å². The Morgan fingerprint density at radius 2 is 1.07 bits per heavy atom. The number of ether oxygens (including phenoxy) is 15. The van der Waals surface area contributed by atoms with E-state index in [1.807, 2.05) is 78.9 Å². The van der Waals surface area contributed by atoms with E-state index >= 15 is 0 Å². The molecule has 4 aliphatic heterocycles. The van der Waals surface area contributed by atoms with E-state index in [0.29, 0.717) is 22.3 Å². The summed E-state index contributed by atoms with van der Waals surface area (Å²) in [5, 5.41) is 17.4. The lowest BCUT2D eigenvalue weighted by atomic mass is 9.81. The molecule has 0 bridgehead atoms. The minimum absolute atomic E-state index is 0.00620. The van der Waals surface area contributed by atoms with E-state index in [0.717, 1.165) is 33.3 Å². The van der Waals surface area contributed by atoms with Gasteiger partial charge in [-0.25, -0.2) is 14.4 Å². The summed E-state index contributed by atoms with van der Waals surface area (Å²) in [5.74, 6) is -3.71. The summed E-state index contributed by atoms with van der Waals surface area (Å²) < 4.78 is 95.4. The van der Waals surface area contributed by atoms with Gasteiger partial charge in [-0.3, -0.25) is 24.1 Å². The first-order valence-electron chi connectivity index (χ1n) is 33.3. The second-order valence-corrected chi connectivity index (χ2v) is 24.8. The van der Waals surface area contributed by atoms with Crippen LogP contribution < -0.4 is 10.6 Å². The van der Waals surface area contributed by atoms with Gasteiger partial charge in [-0.05, 0) is 57.8 Å². The van der Waals surface area contributed by atoms with E-state index in [2.05, 4.69) is 40.7 Å². The molecule has 2 N–H and O–H groups in total. The van der Waals surface area contributed by atoms with Gasteiger partial charge in [0.1, 0.15) is 74.6 Å². The Hall–Kier alpha value is -10.6. The van der Waals surface area contributed by atoms with Gasteiger partial charge in [0.2, 0.25) is 0 Å². The third kappa shape index (κ3) is 20.2. The summed E-state index contributed by atoms with van der Waals surface area (Å²) in [4.78, 5) is 106. The van der Waals surface area contributed by atoms with Crippen LogP contribution in [0.1, 0.15) is 68.9 Å². The second kappa shape index (κ2) is 37.0. The highest BCUT2D eigenvalue weighted by Crippen LogP contribution is 2.42. The van der Waals surface area contributed by atoms with Crippen molar-refractivity contribution in [1.29, 1.82) is 0 Å². The molecule has 5 fully saturated rings. The Morgan fingerprint density at radius 1 is 0.548 bits per heavy atom. The third-order valence-corrected chi connectivity index (χ3v) is 17.6. The monoisotopic (exact) mass is 1440 g/mol. The molecule has 104 heavy (non-hydrogen) atoms. The fourth-order valence-corrected chi connectivity index (χ4v) is 12.9. The Morgan fingerprint density at radius 3 is 1.63 bits per heavy atom. The summed E-state index contributed by atoms with van der Waals surface area (Å²) in [5.41, 5.74) is 33.4. The maximum atomic E-state index is 14.8. The van der Waals surface area contributed by atoms with Crippen molar-refractivity contribution in [2.75, 3.05) is 13.2 Å². The molecule has 5 aromatic carbocycles. The van der Waals surface area contributed by atoms with E-state index in [4.69, 9.17) is 71.1 Å². The summed E-state index contributed by atoms with van der Waals surface area (Å²) in [6.07, 6.45) is -27.4. The van der Waals surface area contributed by atoms with Gasteiger partial charge in [-0.15, -0.1) is 0 Å². The molecule has 4 saturated heterocycles. The predicted molar refractivity (Wildman–Crippen MR) is 357 cm³/mol. The highest BCUT2D eigenvalue weighted by atomic mass is 16.8. The quantitative estimate of drug-likeness (QED) is 0.0142. The van der Waals surface area contributed by atoms with E-state index in [9.17, 15) is 50.2 Å². The zero-order valence-electron chi connectivity index (χ0n) is 57.1. The number of fused-ring (bicyclic) bond motifs is 1. The zero-order chi connectivity index (χ0) is 73.7. The van der Waals surface area contributed by atoms with Gasteiger partial charge in [0.05, 0.1) is 44.0 Å². The Balaban J connectivity index is 1.10. The lowest BCUT2D eigenvalue weighted by molar-refractivity contribution is -0.309. The highest BCUT2D eigenvalue weighted by Gasteiger charge is 2.63. The Labute approximate surface area is 595 Å². The van der Waals surface area contributed by atoms with Gasteiger partial charge in [0.15, 0.2) is 43.3 Å². The average Bonchev–Trinajstić information content (AvgIpc) is 1.48. The lowest BCUT2D eigenvalue weighted by Gasteiger charge is -2.50. The third-order valence-electron chi connectivity index (χ3n) is 17.6. The molecule has 34 heteroatoms. The molecule has 1 saturated carbocycles. The van der Waals surface area contributed by atoms with Crippen molar-refractivity contribution in [3.8, 4) is 0 Å². The van der Waals surface area contributed by atoms with Crippen LogP contribution in [-0.2, 0) is 123 Å². The van der Waals surface area contributed by atoms with Crippen LogP contribution in [0.2, 0.25) is 0 Å². The topological polar surface area (TPSA) is 432 Å². The van der Waals surface area contributed by atoms with Crippen molar-refractivity contribution in [3.05, 3.63) is 211 Å². The molecule has 10 rings (SSSR count). The van der Waals surface area contributed by atoms with Crippen molar-refractivity contribution in [1.82, 2.24) is 15.5 Å². The summed E-state index contributed by atoms with van der Waals surface area (Å²) >= 11 is 0. The van der Waals surface area contributed by atoms with Crippen molar-refractivity contribution in [2.24, 2.45) is 15.3 Å². The smallest absolute Gasteiger partial charge is 0.410 e. The predicted octanol–water partition coefficient (Wildman–Crippen LogP) is 8.92. The maximum absolute atomic E-state index is 14.8. The van der Waals surface area contributed by atoms with Gasteiger partial charge in [0.25, 0.3) is 0 Å². The van der Waals surface area contributed by atoms with Crippen LogP contribution in [0.5, 0.6) is 0 Å². The number of amides is 3. The molecule has 5 aromatic rings. The van der Waals surface area contributed by atoms with Crippen LogP contribution in [-0.4, -0.2) is 183 Å². The normalized spacial score (nSPS) is 28.4. The first kappa shape index (κ1) is 76.0. The van der Waals surface area contributed by atoms with Crippen LogP contribution >= 0.6 is 0 Å². The summed E-state index contributed by atoms with van der Waals surface area (Å²) in [6.45, 7) is 4.03. The molecule has 20 atom stereocenters. The number of rotatable bonds is 30. The fraction of sp³-hybridized carbons (Fsp3) is 0.471. The number of carbonyl (C=O) groups excluding carboxylic acids is 7. The number of alkyl carbamates (subject to hydrolysis) is 2. The van der Waals surface area contributed by atoms with Crippen molar-refractivity contribution < 1.29 is 105 Å². The minimum Gasteiger partial charge on any atom is -0.463 e. The van der Waals surface area contributed by atoms with Crippen LogP contribution in [0, 0.1) is 0 Å². The number of hydrogen-bond acceptors (Lipinski definition) is 25. The summed E-state index contributed by atoms with van der Waals surface area (Å²) in [7, 11) is 0. The molecule has 550 valence electrons.